The van der Waals surface area contributed by atoms with Crippen LogP contribution in [0.5, 0.6) is 0 Å². The van der Waals surface area contributed by atoms with Crippen molar-refractivity contribution in [2.45, 2.75) is 19.0 Å². The van der Waals surface area contributed by atoms with Crippen molar-refractivity contribution < 1.29 is 4.39 Å². The van der Waals surface area contributed by atoms with Crippen molar-refractivity contribution in [1.82, 2.24) is 4.90 Å². The predicted molar refractivity (Wildman–Crippen MR) is 41.8 cm³/mol. The molecule has 60 valence electrons. The first-order valence-corrected chi connectivity index (χ1v) is 4.04. The standard InChI is InChI=1S/C9H12FN/c1-2-3-11-6-9(7-11)4-8(10)5-9/h1,8H,3-7H2. The molecular formula is C9H12FN. The maximum atomic E-state index is 12.5. The molecule has 0 aromatic carbocycles. The van der Waals surface area contributed by atoms with E-state index in [2.05, 4.69) is 10.8 Å². The lowest BCUT2D eigenvalue weighted by Crippen LogP contribution is -2.62. The lowest BCUT2D eigenvalue weighted by molar-refractivity contribution is -0.0960. The number of alkyl halides is 1. The third kappa shape index (κ3) is 1.04. The van der Waals surface area contributed by atoms with Crippen molar-refractivity contribution in [1.29, 1.82) is 0 Å². The highest BCUT2D eigenvalue weighted by molar-refractivity contribution is 5.06. The SMILES string of the molecule is C#CCN1CC2(CC(F)C2)C1. The number of nitrogens with zero attached hydrogens (tertiary/aromatic N) is 1. The summed E-state index contributed by atoms with van der Waals surface area (Å²) >= 11 is 0. The van der Waals surface area contributed by atoms with E-state index < -0.39 is 6.17 Å². The Morgan fingerprint density at radius 1 is 1.55 bits per heavy atom. The van der Waals surface area contributed by atoms with Gasteiger partial charge in [-0.1, -0.05) is 5.92 Å². The highest BCUT2D eigenvalue weighted by atomic mass is 19.1. The van der Waals surface area contributed by atoms with Crippen LogP contribution in [0.1, 0.15) is 12.8 Å². The third-order valence-corrected chi connectivity index (χ3v) is 2.74. The van der Waals surface area contributed by atoms with Crippen LogP contribution in [0.3, 0.4) is 0 Å². The fourth-order valence-corrected chi connectivity index (χ4v) is 2.28. The summed E-state index contributed by atoms with van der Waals surface area (Å²) in [7, 11) is 0. The van der Waals surface area contributed by atoms with Crippen molar-refractivity contribution in [2.24, 2.45) is 5.41 Å². The normalized spacial score (nSPS) is 29.1. The summed E-state index contributed by atoms with van der Waals surface area (Å²) in [5.74, 6) is 2.60. The topological polar surface area (TPSA) is 3.24 Å². The molecule has 1 aliphatic carbocycles. The first-order chi connectivity index (χ1) is 5.24. The van der Waals surface area contributed by atoms with Gasteiger partial charge in [0, 0.05) is 18.5 Å². The molecule has 2 rings (SSSR count). The predicted octanol–water partition coefficient (Wildman–Crippen LogP) is 1.05. The number of hydrogen-bond acceptors (Lipinski definition) is 1. The maximum Gasteiger partial charge on any atom is 0.101 e. The molecule has 1 nitrogen and oxygen atoms in total. The molecule has 1 aliphatic heterocycles. The zero-order valence-corrected chi connectivity index (χ0v) is 6.52. The average molecular weight is 153 g/mol. The largest absolute Gasteiger partial charge is 0.291 e. The third-order valence-electron chi connectivity index (χ3n) is 2.74. The van der Waals surface area contributed by atoms with Crippen LogP contribution in [0.2, 0.25) is 0 Å². The van der Waals surface area contributed by atoms with Gasteiger partial charge in [-0.3, -0.25) is 4.90 Å². The van der Waals surface area contributed by atoms with Gasteiger partial charge in [-0.15, -0.1) is 6.42 Å². The zero-order valence-electron chi connectivity index (χ0n) is 6.52. The molecule has 0 aromatic heterocycles. The van der Waals surface area contributed by atoms with Crippen molar-refractivity contribution >= 4 is 0 Å². The summed E-state index contributed by atoms with van der Waals surface area (Å²) in [5.41, 5.74) is 0.344. The molecular weight excluding hydrogens is 141 g/mol. The van der Waals surface area contributed by atoms with Crippen LogP contribution in [0.15, 0.2) is 0 Å². The summed E-state index contributed by atoms with van der Waals surface area (Å²) in [6, 6.07) is 0. The molecule has 0 bridgehead atoms. The number of halogens is 1. The Morgan fingerprint density at radius 3 is 2.64 bits per heavy atom. The van der Waals surface area contributed by atoms with E-state index in [1.807, 2.05) is 0 Å². The maximum absolute atomic E-state index is 12.5. The molecule has 1 saturated carbocycles. The summed E-state index contributed by atoms with van der Waals surface area (Å²) in [6.45, 7) is 2.79. The minimum absolute atomic E-state index is 0.344. The summed E-state index contributed by atoms with van der Waals surface area (Å²) < 4.78 is 12.5. The number of hydrogen-bond donors (Lipinski definition) is 0. The molecule has 0 radical (unpaired) electrons. The monoisotopic (exact) mass is 153 g/mol. The lowest BCUT2D eigenvalue weighted by Gasteiger charge is -2.56. The first kappa shape index (κ1) is 7.12. The Hall–Kier alpha value is -0.550. The van der Waals surface area contributed by atoms with Gasteiger partial charge in [0.2, 0.25) is 0 Å². The van der Waals surface area contributed by atoms with Gasteiger partial charge in [-0.2, -0.15) is 0 Å². The minimum Gasteiger partial charge on any atom is -0.291 e. The summed E-state index contributed by atoms with van der Waals surface area (Å²) in [4.78, 5) is 2.20. The molecule has 0 atom stereocenters. The van der Waals surface area contributed by atoms with E-state index in [1.54, 1.807) is 0 Å². The molecule has 2 fully saturated rings. The van der Waals surface area contributed by atoms with Crippen LogP contribution in [0.4, 0.5) is 4.39 Å². The van der Waals surface area contributed by atoms with Crippen LogP contribution in [-0.4, -0.2) is 30.7 Å². The second-order valence-corrected chi connectivity index (χ2v) is 3.85. The van der Waals surface area contributed by atoms with Crippen LogP contribution in [0.25, 0.3) is 0 Å². The Kier molecular flexibility index (Phi) is 1.43. The number of terminal acetylenes is 1. The molecule has 0 unspecified atom stereocenters. The van der Waals surface area contributed by atoms with Gasteiger partial charge in [0.05, 0.1) is 6.54 Å². The average Bonchev–Trinajstić information content (AvgIpc) is 1.80. The molecule has 1 saturated heterocycles. The van der Waals surface area contributed by atoms with Crippen molar-refractivity contribution in [3.63, 3.8) is 0 Å². The fourth-order valence-electron chi connectivity index (χ4n) is 2.28. The number of likely N-dealkylation sites (tertiary alicyclic amines) is 1. The van der Waals surface area contributed by atoms with Gasteiger partial charge in [0.15, 0.2) is 0 Å². The Labute approximate surface area is 66.6 Å². The van der Waals surface area contributed by atoms with Crippen molar-refractivity contribution in [2.75, 3.05) is 19.6 Å². The molecule has 1 spiro atoms. The van der Waals surface area contributed by atoms with Gasteiger partial charge < -0.3 is 0 Å². The fraction of sp³-hybridized carbons (Fsp3) is 0.778. The van der Waals surface area contributed by atoms with Crippen LogP contribution < -0.4 is 0 Å². The number of rotatable bonds is 1. The van der Waals surface area contributed by atoms with Crippen LogP contribution in [-0.2, 0) is 0 Å². The highest BCUT2D eigenvalue weighted by Gasteiger charge is 2.52. The highest BCUT2D eigenvalue weighted by Crippen LogP contribution is 2.49. The van der Waals surface area contributed by atoms with Gasteiger partial charge in [0.25, 0.3) is 0 Å². The van der Waals surface area contributed by atoms with E-state index in [4.69, 9.17) is 6.42 Å². The molecule has 2 heteroatoms. The molecule has 0 amide bonds. The van der Waals surface area contributed by atoms with Gasteiger partial charge in [-0.25, -0.2) is 4.39 Å². The minimum atomic E-state index is -0.525. The lowest BCUT2D eigenvalue weighted by atomic mass is 9.62. The van der Waals surface area contributed by atoms with Gasteiger partial charge in [0.1, 0.15) is 6.17 Å². The van der Waals surface area contributed by atoms with Crippen molar-refractivity contribution in [3.8, 4) is 12.3 Å². The van der Waals surface area contributed by atoms with Gasteiger partial charge in [-0.05, 0) is 12.8 Å². The molecule has 11 heavy (non-hydrogen) atoms. The van der Waals surface area contributed by atoms with E-state index in [0.717, 1.165) is 32.5 Å². The van der Waals surface area contributed by atoms with Crippen molar-refractivity contribution in [3.05, 3.63) is 0 Å². The van der Waals surface area contributed by atoms with E-state index in [1.165, 1.54) is 0 Å². The van der Waals surface area contributed by atoms with Gasteiger partial charge >= 0.3 is 0 Å². The Balaban J connectivity index is 1.77. The van der Waals surface area contributed by atoms with Crippen LogP contribution in [0, 0.1) is 17.8 Å². The second kappa shape index (κ2) is 2.22. The second-order valence-electron chi connectivity index (χ2n) is 3.85. The quantitative estimate of drug-likeness (QED) is 0.509. The van der Waals surface area contributed by atoms with Crippen LogP contribution >= 0.6 is 0 Å². The van der Waals surface area contributed by atoms with E-state index in [9.17, 15) is 4.39 Å². The smallest absolute Gasteiger partial charge is 0.101 e. The Bertz CT molecular complexity index is 192. The molecule has 2 aliphatic rings. The first-order valence-electron chi connectivity index (χ1n) is 4.04. The molecule has 0 N–H and O–H groups in total. The molecule has 1 heterocycles. The Morgan fingerprint density at radius 2 is 2.18 bits per heavy atom. The van der Waals surface area contributed by atoms with E-state index in [0.29, 0.717) is 5.41 Å². The molecule has 0 aromatic rings. The summed E-state index contributed by atoms with van der Waals surface area (Å²) in [5, 5.41) is 0. The zero-order chi connectivity index (χ0) is 7.90. The van der Waals surface area contributed by atoms with E-state index >= 15 is 0 Å². The van der Waals surface area contributed by atoms with E-state index in [-0.39, 0.29) is 0 Å². The summed E-state index contributed by atoms with van der Waals surface area (Å²) in [6.07, 6.45) is 6.17.